The van der Waals surface area contributed by atoms with E-state index in [9.17, 15) is 13.2 Å². The van der Waals surface area contributed by atoms with Gasteiger partial charge in [-0.05, 0) is 54.8 Å². The zero-order valence-electron chi connectivity index (χ0n) is 20.2. The average Bonchev–Trinajstić information content (AvgIpc) is 3.37. The van der Waals surface area contributed by atoms with Gasteiger partial charge in [-0.1, -0.05) is 55.1 Å². The van der Waals surface area contributed by atoms with Gasteiger partial charge in [0.1, 0.15) is 17.0 Å². The molecule has 1 aromatic carbocycles. The molecule has 0 fully saturated rings. The fourth-order valence-corrected chi connectivity index (χ4v) is 6.04. The van der Waals surface area contributed by atoms with Crippen molar-refractivity contribution in [3.05, 3.63) is 68.9 Å². The van der Waals surface area contributed by atoms with E-state index in [-0.39, 0.29) is 41.0 Å². The number of pyridine rings is 1. The van der Waals surface area contributed by atoms with Gasteiger partial charge in [-0.3, -0.25) is 4.79 Å². The van der Waals surface area contributed by atoms with Crippen molar-refractivity contribution in [1.82, 2.24) is 19.3 Å². The van der Waals surface area contributed by atoms with Crippen LogP contribution in [-0.2, 0) is 16.6 Å². The third-order valence-electron chi connectivity index (χ3n) is 5.52. The minimum absolute atomic E-state index is 0. The summed E-state index contributed by atoms with van der Waals surface area (Å²) in [6.07, 6.45) is 2.17. The third kappa shape index (κ3) is 6.89. The topological polar surface area (TPSA) is 94.0 Å². The van der Waals surface area contributed by atoms with Crippen LogP contribution in [0.1, 0.15) is 48.1 Å². The Kier molecular flexibility index (Phi) is 10.0. The molecule has 7 nitrogen and oxygen atoms in total. The summed E-state index contributed by atoms with van der Waals surface area (Å²) < 4.78 is 29.1. The maximum absolute atomic E-state index is 12.6. The summed E-state index contributed by atoms with van der Waals surface area (Å²) in [4.78, 5) is 22.6. The number of unbranched alkanes of at least 4 members (excludes halogenated alkanes) is 2. The third-order valence-corrected chi connectivity index (χ3v) is 8.47. The van der Waals surface area contributed by atoms with Crippen LogP contribution in [0.3, 0.4) is 0 Å². The minimum Gasteiger partial charge on any atom is -0.308 e. The molecule has 184 valence electrons. The summed E-state index contributed by atoms with van der Waals surface area (Å²) in [5.41, 5.74) is 2.92. The van der Waals surface area contributed by atoms with Crippen molar-refractivity contribution in [2.45, 2.75) is 39.7 Å². The number of imidazole rings is 1. The fraction of sp³-hybridized carbons (Fsp3) is 0.292. The Labute approximate surface area is 246 Å². The number of nitrogens with one attached hydrogen (secondary N) is 1. The van der Waals surface area contributed by atoms with E-state index >= 15 is 0 Å². The predicted octanol–water partition coefficient (Wildman–Crippen LogP) is 3.08. The van der Waals surface area contributed by atoms with Gasteiger partial charge in [0, 0.05) is 9.90 Å². The summed E-state index contributed by atoms with van der Waals surface area (Å²) in [5.74, 6) is -0.161. The molecule has 36 heavy (non-hydrogen) atoms. The van der Waals surface area contributed by atoms with Crippen LogP contribution in [0.4, 0.5) is 0 Å². The molecule has 0 saturated heterocycles. The quantitative estimate of drug-likeness (QED) is 0.245. The number of carbonyl (C=O) groups is 1. The van der Waals surface area contributed by atoms with Gasteiger partial charge in [-0.15, -0.1) is 11.3 Å². The number of rotatable bonds is 9. The molecular weight excluding hydrogens is 550 g/mol. The number of hydrogen-bond acceptors (Lipinski definition) is 6. The first-order valence-corrected chi connectivity index (χ1v) is 14.3. The molecule has 4 rings (SSSR count). The zero-order chi connectivity index (χ0) is 25.2. The maximum Gasteiger partial charge on any atom is 1.00 e. The fourth-order valence-electron chi connectivity index (χ4n) is 3.69. The second-order valence-corrected chi connectivity index (χ2v) is 12.1. The Morgan fingerprint density at radius 3 is 2.53 bits per heavy atom. The molecule has 3 aromatic heterocycles. The molecule has 1 N–H and O–H groups in total. The maximum atomic E-state index is 12.6. The summed E-state index contributed by atoms with van der Waals surface area (Å²) in [6.45, 7) is 4.21. The van der Waals surface area contributed by atoms with Gasteiger partial charge in [0.05, 0.1) is 16.6 Å². The van der Waals surface area contributed by atoms with E-state index in [2.05, 4.69) is 14.7 Å². The molecule has 0 bridgehead atoms. The Hall–Kier alpha value is -1.46. The minimum atomic E-state index is -3.73. The van der Waals surface area contributed by atoms with Crippen molar-refractivity contribution in [3.63, 3.8) is 0 Å². The van der Waals surface area contributed by atoms with E-state index in [0.717, 1.165) is 28.8 Å². The van der Waals surface area contributed by atoms with Crippen molar-refractivity contribution >= 4 is 61.6 Å². The van der Waals surface area contributed by atoms with Crippen LogP contribution in [-0.4, -0.2) is 34.6 Å². The van der Waals surface area contributed by atoms with Crippen LogP contribution in [0.15, 0.2) is 42.5 Å². The first-order valence-electron chi connectivity index (χ1n) is 11.1. The molecule has 0 saturated carbocycles. The largest absolute Gasteiger partial charge is 1.00 e. The average molecular weight is 575 g/mol. The van der Waals surface area contributed by atoms with Crippen LogP contribution in [0.5, 0.6) is 0 Å². The number of fused-ring (bicyclic) bond motifs is 1. The number of sulfonamides is 1. The van der Waals surface area contributed by atoms with Crippen LogP contribution in [0.2, 0.25) is 9.36 Å². The van der Waals surface area contributed by atoms with Crippen LogP contribution < -0.4 is 34.3 Å². The Balaban J connectivity index is 0.00000361. The van der Waals surface area contributed by atoms with Gasteiger partial charge in [0.25, 0.3) is 5.91 Å². The van der Waals surface area contributed by atoms with E-state index in [0.29, 0.717) is 39.3 Å². The molecule has 0 aliphatic heterocycles. The standard InChI is InChI=1S/C24H24Cl2N4O3S2.Na/c1-3-4-5-12-35(32,33)29-24(31)20-9-8-19-23(28-20)30(15(2)27-19)14-17-7-6-16(13-18(17)25)21-10-11-22(26)34-21;/h6-11,13H,3-5,12,14H2,1-2H3,(H,29,31);/q;+1. The van der Waals surface area contributed by atoms with E-state index in [1.807, 2.05) is 48.7 Å². The van der Waals surface area contributed by atoms with Crippen LogP contribution in [0.25, 0.3) is 21.6 Å². The summed E-state index contributed by atoms with van der Waals surface area (Å²) in [7, 11) is -3.73. The van der Waals surface area contributed by atoms with Gasteiger partial charge in [0.15, 0.2) is 5.65 Å². The molecule has 0 unspecified atom stereocenters. The molecular formula is C24H24Cl2N4NaO3S2+. The first kappa shape index (κ1) is 29.1. The van der Waals surface area contributed by atoms with Crippen LogP contribution >= 0.6 is 34.5 Å². The van der Waals surface area contributed by atoms with Crippen molar-refractivity contribution < 1.29 is 42.8 Å². The summed E-state index contributed by atoms with van der Waals surface area (Å²) >= 11 is 14.1. The van der Waals surface area contributed by atoms with Gasteiger partial charge in [-0.2, -0.15) is 0 Å². The normalized spacial score (nSPS) is 11.4. The van der Waals surface area contributed by atoms with Crippen molar-refractivity contribution in [2.24, 2.45) is 0 Å². The molecule has 0 atom stereocenters. The Bertz CT molecular complexity index is 1500. The molecule has 4 aromatic rings. The van der Waals surface area contributed by atoms with Crippen molar-refractivity contribution in [1.29, 1.82) is 0 Å². The van der Waals surface area contributed by atoms with Crippen molar-refractivity contribution in [3.8, 4) is 10.4 Å². The molecule has 12 heteroatoms. The molecule has 3 heterocycles. The second kappa shape index (κ2) is 12.4. The molecule has 0 aliphatic carbocycles. The summed E-state index contributed by atoms with van der Waals surface area (Å²) in [6, 6.07) is 12.7. The number of carbonyl (C=O) groups excluding carboxylic acids is 1. The van der Waals surface area contributed by atoms with E-state index < -0.39 is 15.9 Å². The Morgan fingerprint density at radius 2 is 1.86 bits per heavy atom. The molecule has 0 spiro atoms. The van der Waals surface area contributed by atoms with E-state index in [4.69, 9.17) is 23.2 Å². The monoisotopic (exact) mass is 573 g/mol. The molecule has 0 radical (unpaired) electrons. The summed E-state index contributed by atoms with van der Waals surface area (Å²) in [5, 5.41) is 0.584. The number of hydrogen-bond donors (Lipinski definition) is 1. The van der Waals surface area contributed by atoms with E-state index in [1.54, 1.807) is 6.07 Å². The van der Waals surface area contributed by atoms with Crippen molar-refractivity contribution in [2.75, 3.05) is 5.75 Å². The number of aryl methyl sites for hydroxylation is 1. The van der Waals surface area contributed by atoms with Crippen LogP contribution in [0, 0.1) is 6.92 Å². The first-order chi connectivity index (χ1) is 16.7. The number of thiophene rings is 1. The van der Waals surface area contributed by atoms with Gasteiger partial charge >= 0.3 is 29.6 Å². The number of nitrogens with zero attached hydrogens (tertiary/aromatic N) is 3. The van der Waals surface area contributed by atoms with Gasteiger partial charge in [0.2, 0.25) is 10.0 Å². The molecule has 0 aliphatic rings. The Morgan fingerprint density at radius 1 is 1.08 bits per heavy atom. The molecule has 1 amide bonds. The smallest absolute Gasteiger partial charge is 0.308 e. The van der Waals surface area contributed by atoms with E-state index in [1.165, 1.54) is 17.4 Å². The zero-order valence-corrected chi connectivity index (χ0v) is 25.4. The number of halogens is 2. The van der Waals surface area contributed by atoms with Gasteiger partial charge in [-0.25, -0.2) is 23.1 Å². The van der Waals surface area contributed by atoms with Gasteiger partial charge < -0.3 is 4.57 Å². The SMILES string of the molecule is CCCCCS(=O)(=O)NC(=O)c1ccc2nc(C)n(Cc3ccc(-c4ccc(Cl)s4)cc3Cl)c2n1.[Na+]. The number of benzene rings is 1. The second-order valence-electron chi connectivity index (χ2n) is 8.15. The predicted molar refractivity (Wildman–Crippen MR) is 142 cm³/mol. The number of amides is 1. The number of aromatic nitrogens is 3.